The van der Waals surface area contributed by atoms with Crippen molar-refractivity contribution >= 4 is 65.4 Å². The number of nitrogens with one attached hydrogen (secondary N) is 4. The van der Waals surface area contributed by atoms with E-state index in [2.05, 4.69) is 21.3 Å². The molecular formula is C35H51N7O9S. The van der Waals surface area contributed by atoms with E-state index in [0.717, 1.165) is 12.8 Å². The highest BCUT2D eigenvalue weighted by Gasteiger charge is 2.46. The fourth-order valence-electron chi connectivity index (χ4n) is 5.82. The van der Waals surface area contributed by atoms with Crippen molar-refractivity contribution in [1.82, 2.24) is 20.9 Å². The Hall–Kier alpha value is -4.67. The van der Waals surface area contributed by atoms with Gasteiger partial charge in [-0.3, -0.25) is 38.5 Å². The van der Waals surface area contributed by atoms with E-state index in [0.29, 0.717) is 55.6 Å². The number of unbranched alkanes of at least 4 members (excludes halogenated alkanes) is 2. The Bertz CT molecular complexity index is 1450. The smallest absolute Gasteiger partial charge is 0.312 e. The van der Waals surface area contributed by atoms with Crippen LogP contribution in [-0.2, 0) is 44.9 Å². The minimum atomic E-state index is -1.00. The number of primary amides is 2. The Morgan fingerprint density at radius 1 is 1.00 bits per heavy atom. The molecule has 17 heteroatoms. The van der Waals surface area contributed by atoms with Gasteiger partial charge in [0.2, 0.25) is 35.4 Å². The molecule has 0 spiro atoms. The number of benzene rings is 1. The van der Waals surface area contributed by atoms with Gasteiger partial charge in [0, 0.05) is 43.8 Å². The van der Waals surface area contributed by atoms with Gasteiger partial charge in [0.05, 0.1) is 5.25 Å². The second kappa shape index (κ2) is 20.4. The molecule has 1 aliphatic heterocycles. The fraction of sp³-hybridized carbons (Fsp3) is 0.600. The summed E-state index contributed by atoms with van der Waals surface area (Å²) in [5, 5.41) is 10.3. The average Bonchev–Trinajstić information content (AvgIpc) is 3.79. The molecule has 1 aromatic rings. The van der Waals surface area contributed by atoms with Gasteiger partial charge in [0.25, 0.3) is 6.47 Å². The molecule has 1 saturated heterocycles. The van der Waals surface area contributed by atoms with Crippen LogP contribution in [0, 0.1) is 11.3 Å². The Labute approximate surface area is 307 Å². The van der Waals surface area contributed by atoms with E-state index >= 15 is 0 Å². The van der Waals surface area contributed by atoms with Gasteiger partial charge in [0.15, 0.2) is 0 Å². The Morgan fingerprint density at radius 3 is 2.33 bits per heavy atom. The largest absolute Gasteiger partial charge is 0.463 e. The van der Waals surface area contributed by atoms with Crippen molar-refractivity contribution in [3.63, 3.8) is 0 Å². The van der Waals surface area contributed by atoms with Crippen LogP contribution in [0.4, 0.5) is 10.5 Å². The van der Waals surface area contributed by atoms with Gasteiger partial charge in [-0.05, 0) is 67.6 Å². The summed E-state index contributed by atoms with van der Waals surface area (Å²) < 4.78 is 4.73. The lowest BCUT2D eigenvalue weighted by Crippen LogP contribution is -2.54. The van der Waals surface area contributed by atoms with Gasteiger partial charge < -0.3 is 37.5 Å². The van der Waals surface area contributed by atoms with Gasteiger partial charge in [-0.1, -0.05) is 32.4 Å². The van der Waals surface area contributed by atoms with Crippen LogP contribution in [0.3, 0.4) is 0 Å². The summed E-state index contributed by atoms with van der Waals surface area (Å²) in [6.07, 6.45) is 4.41. The summed E-state index contributed by atoms with van der Waals surface area (Å²) in [6.45, 7) is 4.40. The average molecular weight is 746 g/mol. The number of amides is 8. The number of imide groups is 1. The molecule has 0 radical (unpaired) electrons. The first-order valence-electron chi connectivity index (χ1n) is 17.6. The van der Waals surface area contributed by atoms with Gasteiger partial charge in [0.1, 0.15) is 18.7 Å². The molecule has 286 valence electrons. The predicted octanol–water partition coefficient (Wildman–Crippen LogP) is 1.45. The minimum absolute atomic E-state index is 0.0784. The monoisotopic (exact) mass is 745 g/mol. The summed E-state index contributed by atoms with van der Waals surface area (Å²) in [4.78, 5) is 99.1. The molecule has 0 bridgehead atoms. The molecule has 16 nitrogen and oxygen atoms in total. The second-order valence-corrected chi connectivity index (χ2v) is 14.9. The number of thioether (sulfide) groups is 1. The highest BCUT2D eigenvalue weighted by molar-refractivity contribution is 8.00. The number of ether oxygens (including phenoxy) is 1. The molecule has 1 saturated carbocycles. The molecule has 8 amide bonds. The number of anilines is 1. The lowest BCUT2D eigenvalue weighted by molar-refractivity contribution is -0.138. The molecule has 2 fully saturated rings. The molecule has 52 heavy (non-hydrogen) atoms. The van der Waals surface area contributed by atoms with E-state index in [4.69, 9.17) is 16.2 Å². The lowest BCUT2D eigenvalue weighted by Gasteiger charge is -2.25. The number of hydrogen-bond donors (Lipinski definition) is 6. The van der Waals surface area contributed by atoms with Crippen molar-refractivity contribution in [2.24, 2.45) is 22.8 Å². The van der Waals surface area contributed by atoms with Crippen LogP contribution in [0.1, 0.15) is 83.6 Å². The standard InChI is InChI=1S/C35H51N7O9S/c1-22(2)30(32(48)40-25(7-6-15-38-34(37)50)31(47)39-24-11-9-23(10-12-24)19-51-21-43)41-28(45)8-4-3-5-16-42-29(46)17-26(33(42)49)52-20-35(13-14-35)18-27(36)44/h9-12,21-22,25-26,30H,3-8,13-20H2,1-2H3,(H2,36,44)(H,39,47)(H,40,48)(H,41,45)(H3,37,38,50)/t25-,26?,30-/m0/s1. The van der Waals surface area contributed by atoms with Crippen LogP contribution in [0.5, 0.6) is 0 Å². The lowest BCUT2D eigenvalue weighted by atomic mass is 10.0. The van der Waals surface area contributed by atoms with Crippen molar-refractivity contribution in [1.29, 1.82) is 0 Å². The third-order valence-corrected chi connectivity index (χ3v) is 10.5. The van der Waals surface area contributed by atoms with Crippen LogP contribution in [0.2, 0.25) is 0 Å². The maximum atomic E-state index is 13.4. The summed E-state index contributed by atoms with van der Waals surface area (Å²) in [7, 11) is 0. The Kier molecular flexibility index (Phi) is 16.4. The van der Waals surface area contributed by atoms with Gasteiger partial charge in [-0.15, -0.1) is 11.8 Å². The predicted molar refractivity (Wildman–Crippen MR) is 193 cm³/mol. The Balaban J connectivity index is 1.46. The maximum absolute atomic E-state index is 13.4. The van der Waals surface area contributed by atoms with Crippen molar-refractivity contribution in [3.8, 4) is 0 Å². The van der Waals surface area contributed by atoms with E-state index in [9.17, 15) is 38.4 Å². The number of nitrogens with zero attached hydrogens (tertiary/aromatic N) is 1. The third-order valence-electron chi connectivity index (χ3n) is 8.99. The van der Waals surface area contributed by atoms with Crippen LogP contribution in [0.25, 0.3) is 0 Å². The third kappa shape index (κ3) is 13.8. The van der Waals surface area contributed by atoms with E-state index < -0.39 is 35.2 Å². The zero-order chi connectivity index (χ0) is 38.3. The minimum Gasteiger partial charge on any atom is -0.463 e. The first-order chi connectivity index (χ1) is 24.7. The van der Waals surface area contributed by atoms with Crippen molar-refractivity contribution in [3.05, 3.63) is 29.8 Å². The molecule has 1 aromatic carbocycles. The molecule has 3 atom stereocenters. The molecule has 2 aliphatic rings. The molecule has 8 N–H and O–H groups in total. The molecule has 1 aliphatic carbocycles. The molecule has 1 heterocycles. The molecule has 1 unspecified atom stereocenters. The topological polar surface area (TPSA) is 249 Å². The van der Waals surface area contributed by atoms with Crippen LogP contribution >= 0.6 is 11.8 Å². The first-order valence-corrected chi connectivity index (χ1v) is 18.6. The zero-order valence-electron chi connectivity index (χ0n) is 29.8. The van der Waals surface area contributed by atoms with Gasteiger partial charge in [-0.2, -0.15) is 0 Å². The summed E-state index contributed by atoms with van der Waals surface area (Å²) in [5.74, 6) is -1.89. The highest BCUT2D eigenvalue weighted by Crippen LogP contribution is 2.52. The summed E-state index contributed by atoms with van der Waals surface area (Å²) in [5.41, 5.74) is 11.5. The highest BCUT2D eigenvalue weighted by atomic mass is 32.2. The number of carbonyl (C=O) groups is 8. The number of hydrogen-bond acceptors (Lipinski definition) is 10. The number of likely N-dealkylation sites (tertiary alicyclic amines) is 1. The maximum Gasteiger partial charge on any atom is 0.312 e. The number of rotatable bonds is 24. The van der Waals surface area contributed by atoms with E-state index in [1.165, 1.54) is 16.7 Å². The van der Waals surface area contributed by atoms with Gasteiger partial charge >= 0.3 is 6.03 Å². The second-order valence-electron chi connectivity index (χ2n) is 13.7. The van der Waals surface area contributed by atoms with Crippen LogP contribution < -0.4 is 32.7 Å². The number of nitrogens with two attached hydrogens (primary N) is 2. The van der Waals surface area contributed by atoms with Crippen molar-refractivity contribution in [2.75, 3.05) is 24.2 Å². The van der Waals surface area contributed by atoms with Gasteiger partial charge in [-0.25, -0.2) is 4.79 Å². The zero-order valence-corrected chi connectivity index (χ0v) is 30.6. The van der Waals surface area contributed by atoms with E-state index in [1.807, 2.05) is 0 Å². The normalized spacial score (nSPS) is 17.2. The molecule has 0 aromatic heterocycles. The molecule has 3 rings (SSSR count). The number of urea groups is 1. The SMILES string of the molecule is CC(C)[C@H](NC(=O)CCCCCN1C(=O)CC(SCC2(CC(N)=O)CC2)C1=O)C(=O)N[C@@H](CCCNC(N)=O)C(=O)Nc1ccc(COC=O)cc1. The van der Waals surface area contributed by atoms with Crippen molar-refractivity contribution < 1.29 is 43.1 Å². The summed E-state index contributed by atoms with van der Waals surface area (Å²) >= 11 is 1.42. The Morgan fingerprint density at radius 2 is 1.71 bits per heavy atom. The quantitative estimate of drug-likeness (QED) is 0.0505. The van der Waals surface area contributed by atoms with E-state index in [1.54, 1.807) is 38.1 Å². The first kappa shape index (κ1) is 41.7. The number of carbonyl (C=O) groups excluding carboxylic acids is 8. The van der Waals surface area contributed by atoms with Crippen molar-refractivity contribution in [2.45, 2.75) is 102 Å². The van der Waals surface area contributed by atoms with Crippen LogP contribution in [0.15, 0.2) is 24.3 Å². The van der Waals surface area contributed by atoms with Crippen LogP contribution in [-0.4, -0.2) is 89.0 Å². The van der Waals surface area contributed by atoms with E-state index in [-0.39, 0.29) is 73.9 Å². The summed E-state index contributed by atoms with van der Waals surface area (Å²) in [6, 6.07) is 3.95. The molecular weight excluding hydrogens is 694 g/mol. The fourth-order valence-corrected chi connectivity index (χ4v) is 7.29.